The second kappa shape index (κ2) is 6.64. The molecule has 0 aromatic heterocycles. The molecule has 122 valence electrons. The molecular weight excluding hydrogens is 305 g/mol. The number of ether oxygens (including phenoxy) is 2. The van der Waals surface area contributed by atoms with Crippen LogP contribution in [0.2, 0.25) is 0 Å². The molecule has 1 aliphatic heterocycles. The standard InChI is InChI=1S/C14H14F3O5/c15-14(16,17)10-6-9(7-18)21-13(20)11(10)22-12(19)8-4-2-1-3-5-8/h1-5,9-11,13,18H,6-7H2/q-1/t9-,10-,11+,13-/m0/s1. The number of carbonyl (C=O) groups is 1. The monoisotopic (exact) mass is 319 g/mol. The lowest BCUT2D eigenvalue weighted by Gasteiger charge is -2.44. The molecule has 2 rings (SSSR count). The van der Waals surface area contributed by atoms with Crippen molar-refractivity contribution in [2.75, 3.05) is 6.61 Å². The SMILES string of the molecule is O=C(O[C@H]1[C@@H]([O-])O[C@H](CO)C[C@@H]1C(F)(F)F)c1ccccc1. The summed E-state index contributed by atoms with van der Waals surface area (Å²) in [6, 6.07) is 7.40. The summed E-state index contributed by atoms with van der Waals surface area (Å²) >= 11 is 0. The highest BCUT2D eigenvalue weighted by atomic mass is 19.4. The van der Waals surface area contributed by atoms with Crippen molar-refractivity contribution in [1.29, 1.82) is 0 Å². The van der Waals surface area contributed by atoms with Gasteiger partial charge in [-0.15, -0.1) is 0 Å². The van der Waals surface area contributed by atoms with Gasteiger partial charge in [-0.3, -0.25) is 0 Å². The predicted octanol–water partition coefficient (Wildman–Crippen LogP) is 0.858. The third-order valence-electron chi connectivity index (χ3n) is 3.38. The number of alkyl halides is 3. The number of esters is 1. The van der Waals surface area contributed by atoms with Gasteiger partial charge in [0.15, 0.2) is 0 Å². The molecule has 0 spiro atoms. The van der Waals surface area contributed by atoms with Crippen molar-refractivity contribution in [3.8, 4) is 0 Å². The molecule has 1 fully saturated rings. The first-order chi connectivity index (χ1) is 10.3. The summed E-state index contributed by atoms with van der Waals surface area (Å²) < 4.78 is 48.7. The highest BCUT2D eigenvalue weighted by molar-refractivity contribution is 5.89. The Hall–Kier alpha value is -1.64. The number of carbonyl (C=O) groups excluding carboxylic acids is 1. The van der Waals surface area contributed by atoms with Crippen LogP contribution in [0.1, 0.15) is 16.8 Å². The fourth-order valence-electron chi connectivity index (χ4n) is 2.27. The molecule has 0 amide bonds. The number of hydrogen-bond acceptors (Lipinski definition) is 5. The fourth-order valence-corrected chi connectivity index (χ4v) is 2.27. The Morgan fingerprint density at radius 2 is 2.00 bits per heavy atom. The number of rotatable bonds is 3. The van der Waals surface area contributed by atoms with Gasteiger partial charge in [-0.2, -0.15) is 13.2 Å². The minimum absolute atomic E-state index is 0.0416. The van der Waals surface area contributed by atoms with Gasteiger partial charge in [0.05, 0.1) is 24.2 Å². The zero-order valence-electron chi connectivity index (χ0n) is 11.3. The van der Waals surface area contributed by atoms with E-state index in [-0.39, 0.29) is 5.56 Å². The van der Waals surface area contributed by atoms with Gasteiger partial charge in [-0.05, 0) is 18.6 Å². The van der Waals surface area contributed by atoms with Gasteiger partial charge in [0.1, 0.15) is 6.10 Å². The van der Waals surface area contributed by atoms with Crippen molar-refractivity contribution < 1.29 is 37.7 Å². The molecule has 0 saturated carbocycles. The van der Waals surface area contributed by atoms with E-state index in [0.29, 0.717) is 0 Å². The Bertz CT molecular complexity index is 505. The average Bonchev–Trinajstić information content (AvgIpc) is 2.48. The Balaban J connectivity index is 2.17. The minimum atomic E-state index is -4.73. The van der Waals surface area contributed by atoms with Crippen molar-refractivity contribution in [2.45, 2.75) is 31.1 Å². The first-order valence-electron chi connectivity index (χ1n) is 6.58. The summed E-state index contributed by atoms with van der Waals surface area (Å²) in [5.41, 5.74) is 0.0416. The van der Waals surface area contributed by atoms with Gasteiger partial charge in [-0.25, -0.2) is 4.79 Å². The number of aliphatic hydroxyl groups is 1. The van der Waals surface area contributed by atoms with Crippen LogP contribution in [0.4, 0.5) is 13.2 Å². The normalized spacial score (nSPS) is 29.1. The number of halogens is 3. The second-order valence-electron chi connectivity index (χ2n) is 4.93. The molecule has 8 heteroatoms. The van der Waals surface area contributed by atoms with Crippen LogP contribution in [0.5, 0.6) is 0 Å². The summed E-state index contributed by atoms with van der Waals surface area (Å²) in [4.78, 5) is 11.8. The lowest BCUT2D eigenvalue weighted by molar-refractivity contribution is -0.530. The van der Waals surface area contributed by atoms with Crippen LogP contribution in [0.3, 0.4) is 0 Å². The molecule has 1 aromatic rings. The maximum atomic E-state index is 13.1. The molecule has 0 unspecified atom stereocenters. The zero-order chi connectivity index (χ0) is 16.3. The van der Waals surface area contributed by atoms with Crippen molar-refractivity contribution in [1.82, 2.24) is 0 Å². The summed E-state index contributed by atoms with van der Waals surface area (Å²) in [5.74, 6) is -3.19. The largest absolute Gasteiger partial charge is 0.828 e. The number of aliphatic hydroxyl groups excluding tert-OH is 1. The quantitative estimate of drug-likeness (QED) is 0.836. The van der Waals surface area contributed by atoms with E-state index in [4.69, 9.17) is 14.6 Å². The smallest absolute Gasteiger partial charge is 0.395 e. The molecule has 0 radical (unpaired) electrons. The first-order valence-corrected chi connectivity index (χ1v) is 6.58. The lowest BCUT2D eigenvalue weighted by Crippen LogP contribution is -2.57. The molecule has 1 saturated heterocycles. The van der Waals surface area contributed by atoms with Gasteiger partial charge in [0.25, 0.3) is 0 Å². The molecule has 4 atom stereocenters. The Morgan fingerprint density at radius 3 is 2.55 bits per heavy atom. The van der Waals surface area contributed by atoms with E-state index in [9.17, 15) is 23.1 Å². The number of benzene rings is 1. The predicted molar refractivity (Wildman–Crippen MR) is 65.6 cm³/mol. The van der Waals surface area contributed by atoms with Crippen LogP contribution in [0.15, 0.2) is 30.3 Å². The van der Waals surface area contributed by atoms with Crippen molar-refractivity contribution in [3.63, 3.8) is 0 Å². The van der Waals surface area contributed by atoms with Crippen LogP contribution in [-0.2, 0) is 9.47 Å². The lowest BCUT2D eigenvalue weighted by atomic mass is 9.91. The molecule has 1 heterocycles. The van der Waals surface area contributed by atoms with Crippen LogP contribution in [-0.4, -0.2) is 42.4 Å². The highest BCUT2D eigenvalue weighted by Crippen LogP contribution is 2.38. The zero-order valence-corrected chi connectivity index (χ0v) is 11.3. The topological polar surface area (TPSA) is 78.8 Å². The Morgan fingerprint density at radius 1 is 1.36 bits per heavy atom. The summed E-state index contributed by atoms with van der Waals surface area (Å²) in [5, 5.41) is 20.7. The van der Waals surface area contributed by atoms with Crippen LogP contribution in [0.25, 0.3) is 0 Å². The maximum absolute atomic E-state index is 13.1. The van der Waals surface area contributed by atoms with Gasteiger partial charge >= 0.3 is 12.1 Å². The van der Waals surface area contributed by atoms with Gasteiger partial charge < -0.3 is 19.7 Å². The van der Waals surface area contributed by atoms with E-state index in [0.717, 1.165) is 0 Å². The van der Waals surface area contributed by atoms with E-state index < -0.39 is 49.6 Å². The molecule has 0 aliphatic carbocycles. The summed E-state index contributed by atoms with van der Waals surface area (Å²) in [6.45, 7) is -0.704. The van der Waals surface area contributed by atoms with Crippen molar-refractivity contribution in [3.05, 3.63) is 35.9 Å². The molecule has 5 nitrogen and oxygen atoms in total. The van der Waals surface area contributed by atoms with Crippen LogP contribution < -0.4 is 5.11 Å². The van der Waals surface area contributed by atoms with Crippen LogP contribution in [0, 0.1) is 5.92 Å². The number of hydrogen-bond donors (Lipinski definition) is 1. The van der Waals surface area contributed by atoms with Crippen molar-refractivity contribution in [2.24, 2.45) is 5.92 Å². The van der Waals surface area contributed by atoms with E-state index in [1.165, 1.54) is 24.3 Å². The van der Waals surface area contributed by atoms with Gasteiger partial charge in [0, 0.05) is 6.29 Å². The minimum Gasteiger partial charge on any atom is -0.828 e. The summed E-state index contributed by atoms with van der Waals surface area (Å²) in [6.07, 6.45) is -10.8. The first kappa shape index (κ1) is 16.7. The van der Waals surface area contributed by atoms with Gasteiger partial charge in [0.2, 0.25) is 0 Å². The van der Waals surface area contributed by atoms with E-state index in [1.807, 2.05) is 0 Å². The molecule has 22 heavy (non-hydrogen) atoms. The highest BCUT2D eigenvalue weighted by Gasteiger charge is 2.51. The Kier molecular flexibility index (Phi) is 5.05. The second-order valence-corrected chi connectivity index (χ2v) is 4.93. The average molecular weight is 319 g/mol. The Labute approximate surface area is 124 Å². The maximum Gasteiger partial charge on any atom is 0.395 e. The van der Waals surface area contributed by atoms with E-state index in [2.05, 4.69) is 0 Å². The molecule has 1 aromatic carbocycles. The summed E-state index contributed by atoms with van der Waals surface area (Å²) in [7, 11) is 0. The van der Waals surface area contributed by atoms with E-state index >= 15 is 0 Å². The molecule has 1 N–H and O–H groups in total. The third kappa shape index (κ3) is 3.76. The van der Waals surface area contributed by atoms with Gasteiger partial charge in [-0.1, -0.05) is 18.2 Å². The molecule has 0 bridgehead atoms. The fraction of sp³-hybridized carbons (Fsp3) is 0.500. The van der Waals surface area contributed by atoms with Crippen LogP contribution >= 0.6 is 0 Å². The molecule has 1 aliphatic rings. The third-order valence-corrected chi connectivity index (χ3v) is 3.38. The van der Waals surface area contributed by atoms with Crippen molar-refractivity contribution >= 4 is 5.97 Å². The molecular formula is C14H14F3O5-. The van der Waals surface area contributed by atoms with E-state index in [1.54, 1.807) is 6.07 Å².